The quantitative estimate of drug-likeness (QED) is 0.867. The van der Waals surface area contributed by atoms with Gasteiger partial charge in [0.2, 0.25) is 5.91 Å². The summed E-state index contributed by atoms with van der Waals surface area (Å²) < 4.78 is 5.32. The van der Waals surface area contributed by atoms with Crippen molar-refractivity contribution in [1.29, 1.82) is 0 Å². The van der Waals surface area contributed by atoms with Crippen molar-refractivity contribution in [2.45, 2.75) is 32.7 Å². The van der Waals surface area contributed by atoms with Crippen molar-refractivity contribution < 1.29 is 14.1 Å². The molecule has 0 radical (unpaired) electrons. The first-order valence-electron chi connectivity index (χ1n) is 8.89. The van der Waals surface area contributed by atoms with E-state index < -0.39 is 6.04 Å². The molecule has 1 fully saturated rings. The summed E-state index contributed by atoms with van der Waals surface area (Å²) in [5.41, 5.74) is 0.542. The van der Waals surface area contributed by atoms with Gasteiger partial charge in [-0.25, -0.2) is 4.79 Å². The number of nitrogens with one attached hydrogen (secondary N) is 1. The molecule has 0 saturated carbocycles. The van der Waals surface area contributed by atoms with Crippen molar-refractivity contribution in [1.82, 2.24) is 19.9 Å². The van der Waals surface area contributed by atoms with Crippen LogP contribution in [0.5, 0.6) is 0 Å². The average Bonchev–Trinajstić information content (AvgIpc) is 2.97. The van der Waals surface area contributed by atoms with E-state index in [1.54, 1.807) is 41.0 Å². The fraction of sp³-hybridized carbons (Fsp3) is 0.444. The number of halogens is 1. The average molecular weight is 392 g/mol. The molecule has 2 heterocycles. The number of amides is 3. The van der Waals surface area contributed by atoms with E-state index in [1.807, 2.05) is 6.92 Å². The highest BCUT2D eigenvalue weighted by Gasteiger charge is 2.34. The Labute approximate surface area is 162 Å². The Balaban J connectivity index is 1.82. The predicted octanol–water partition coefficient (Wildman–Crippen LogP) is 3.25. The van der Waals surface area contributed by atoms with E-state index in [0.29, 0.717) is 48.4 Å². The van der Waals surface area contributed by atoms with E-state index in [4.69, 9.17) is 16.1 Å². The zero-order chi connectivity index (χ0) is 19.4. The molecule has 0 aliphatic carbocycles. The second-order valence-corrected chi connectivity index (χ2v) is 6.75. The summed E-state index contributed by atoms with van der Waals surface area (Å²) in [4.78, 5) is 32.9. The van der Waals surface area contributed by atoms with Crippen LogP contribution < -0.4 is 5.32 Å². The van der Waals surface area contributed by atoms with Crippen LogP contribution in [-0.2, 0) is 4.79 Å². The van der Waals surface area contributed by atoms with Gasteiger partial charge in [-0.05, 0) is 25.5 Å². The van der Waals surface area contributed by atoms with E-state index >= 15 is 0 Å². The number of aryl methyl sites for hydroxylation is 1. The number of benzene rings is 1. The molecule has 144 valence electrons. The fourth-order valence-electron chi connectivity index (χ4n) is 3.09. The van der Waals surface area contributed by atoms with Gasteiger partial charge in [0.15, 0.2) is 5.82 Å². The molecule has 1 aromatic heterocycles. The maximum Gasteiger partial charge on any atom is 0.321 e. The maximum atomic E-state index is 12.8. The maximum absolute atomic E-state index is 12.8. The van der Waals surface area contributed by atoms with Crippen LogP contribution in [0.25, 0.3) is 0 Å². The van der Waals surface area contributed by atoms with Gasteiger partial charge in [0.1, 0.15) is 6.04 Å². The van der Waals surface area contributed by atoms with Gasteiger partial charge in [-0.15, -0.1) is 0 Å². The molecule has 1 atom stereocenters. The molecule has 1 unspecified atom stereocenters. The molecule has 8 nitrogen and oxygen atoms in total. The lowest BCUT2D eigenvalue weighted by molar-refractivity contribution is -0.133. The molecule has 0 bridgehead atoms. The number of carbonyl (C=O) groups is 2. The summed E-state index contributed by atoms with van der Waals surface area (Å²) in [6.07, 6.45) is 1.03. The molecular formula is C18H22ClN5O3. The van der Waals surface area contributed by atoms with Crippen molar-refractivity contribution in [3.05, 3.63) is 41.0 Å². The molecule has 2 aromatic rings. The summed E-state index contributed by atoms with van der Waals surface area (Å²) in [6, 6.07) is 6.30. The van der Waals surface area contributed by atoms with Crippen LogP contribution in [0.3, 0.4) is 0 Å². The number of anilines is 1. The van der Waals surface area contributed by atoms with Crippen molar-refractivity contribution in [3.8, 4) is 0 Å². The number of nitrogens with zero attached hydrogens (tertiary/aromatic N) is 4. The summed E-state index contributed by atoms with van der Waals surface area (Å²) in [7, 11) is 0. The van der Waals surface area contributed by atoms with Crippen LogP contribution >= 0.6 is 11.6 Å². The Morgan fingerprint density at radius 1 is 1.33 bits per heavy atom. The second kappa shape index (κ2) is 8.39. The standard InChI is InChI=1S/C18H22ClN5O3/c1-3-16(25)24-10-6-9-23(11-15(24)17-20-12(2)22-27-17)18(26)21-14-8-5-4-7-13(14)19/h4-5,7-8,15H,3,6,9-11H2,1-2H3,(H,21,26). The normalized spacial score (nSPS) is 17.5. The van der Waals surface area contributed by atoms with Gasteiger partial charge in [0.25, 0.3) is 5.89 Å². The number of para-hydroxylation sites is 1. The Kier molecular flexibility index (Phi) is 5.95. The molecule has 3 rings (SSSR count). The number of urea groups is 1. The Morgan fingerprint density at radius 3 is 2.78 bits per heavy atom. The third-order valence-electron chi connectivity index (χ3n) is 4.45. The summed E-state index contributed by atoms with van der Waals surface area (Å²) in [5.74, 6) is 0.821. The highest BCUT2D eigenvalue weighted by atomic mass is 35.5. The van der Waals surface area contributed by atoms with Crippen LogP contribution in [0, 0.1) is 6.92 Å². The lowest BCUT2D eigenvalue weighted by Crippen LogP contribution is -2.41. The van der Waals surface area contributed by atoms with E-state index in [0.717, 1.165) is 0 Å². The van der Waals surface area contributed by atoms with Crippen LogP contribution in [0.15, 0.2) is 28.8 Å². The first-order chi connectivity index (χ1) is 13.0. The summed E-state index contributed by atoms with van der Waals surface area (Å²) in [6.45, 7) is 4.83. The van der Waals surface area contributed by atoms with Gasteiger partial charge in [-0.2, -0.15) is 4.98 Å². The van der Waals surface area contributed by atoms with Gasteiger partial charge < -0.3 is 19.6 Å². The molecule has 1 saturated heterocycles. The zero-order valence-electron chi connectivity index (χ0n) is 15.3. The first kappa shape index (κ1) is 19.2. The van der Waals surface area contributed by atoms with Crippen molar-refractivity contribution >= 4 is 29.2 Å². The van der Waals surface area contributed by atoms with E-state index in [-0.39, 0.29) is 18.5 Å². The Bertz CT molecular complexity index is 825. The van der Waals surface area contributed by atoms with E-state index in [9.17, 15) is 9.59 Å². The number of hydrogen-bond donors (Lipinski definition) is 1. The van der Waals surface area contributed by atoms with Crippen LogP contribution in [-0.4, -0.2) is 51.5 Å². The monoisotopic (exact) mass is 391 g/mol. The van der Waals surface area contributed by atoms with Gasteiger partial charge in [0.05, 0.1) is 17.3 Å². The molecule has 1 N–H and O–H groups in total. The second-order valence-electron chi connectivity index (χ2n) is 6.35. The third kappa shape index (κ3) is 4.39. The van der Waals surface area contributed by atoms with Crippen molar-refractivity contribution in [2.75, 3.05) is 25.0 Å². The van der Waals surface area contributed by atoms with Gasteiger partial charge in [0, 0.05) is 19.5 Å². The van der Waals surface area contributed by atoms with E-state index in [1.165, 1.54) is 0 Å². The molecule has 3 amide bonds. The fourth-order valence-corrected chi connectivity index (χ4v) is 3.27. The van der Waals surface area contributed by atoms with Crippen molar-refractivity contribution in [2.24, 2.45) is 0 Å². The molecule has 1 aliphatic heterocycles. The lowest BCUT2D eigenvalue weighted by Gasteiger charge is -2.29. The van der Waals surface area contributed by atoms with Gasteiger partial charge >= 0.3 is 6.03 Å². The van der Waals surface area contributed by atoms with Crippen molar-refractivity contribution in [3.63, 3.8) is 0 Å². The van der Waals surface area contributed by atoms with E-state index in [2.05, 4.69) is 15.5 Å². The largest absolute Gasteiger partial charge is 0.337 e. The minimum Gasteiger partial charge on any atom is -0.337 e. The minimum atomic E-state index is -0.474. The predicted molar refractivity (Wildman–Crippen MR) is 100 cm³/mol. The SMILES string of the molecule is CCC(=O)N1CCCN(C(=O)Nc2ccccc2Cl)CC1c1nc(C)no1. The molecule has 1 aromatic carbocycles. The topological polar surface area (TPSA) is 91.6 Å². The summed E-state index contributed by atoms with van der Waals surface area (Å²) >= 11 is 6.13. The first-order valence-corrected chi connectivity index (χ1v) is 9.27. The molecule has 9 heteroatoms. The highest BCUT2D eigenvalue weighted by Crippen LogP contribution is 2.26. The number of aromatic nitrogens is 2. The molecule has 27 heavy (non-hydrogen) atoms. The number of rotatable bonds is 3. The third-order valence-corrected chi connectivity index (χ3v) is 4.78. The highest BCUT2D eigenvalue weighted by molar-refractivity contribution is 6.33. The smallest absolute Gasteiger partial charge is 0.321 e. The van der Waals surface area contributed by atoms with Crippen LogP contribution in [0.4, 0.5) is 10.5 Å². The Morgan fingerprint density at radius 2 is 2.11 bits per heavy atom. The zero-order valence-corrected chi connectivity index (χ0v) is 16.1. The van der Waals surface area contributed by atoms with Crippen LogP contribution in [0.1, 0.15) is 37.5 Å². The molecule has 0 spiro atoms. The van der Waals surface area contributed by atoms with Gasteiger partial charge in [-0.3, -0.25) is 4.79 Å². The van der Waals surface area contributed by atoms with Gasteiger partial charge in [-0.1, -0.05) is 35.8 Å². The number of carbonyl (C=O) groups excluding carboxylic acids is 2. The van der Waals surface area contributed by atoms with Crippen LogP contribution in [0.2, 0.25) is 5.02 Å². The summed E-state index contributed by atoms with van der Waals surface area (Å²) in [5, 5.41) is 7.12. The molecular weight excluding hydrogens is 370 g/mol. The minimum absolute atomic E-state index is 0.00999. The molecule has 1 aliphatic rings. The lowest BCUT2D eigenvalue weighted by atomic mass is 10.2. The number of hydrogen-bond acceptors (Lipinski definition) is 5. The Hall–Kier alpha value is -2.61.